The van der Waals surface area contributed by atoms with Crippen LogP contribution in [-0.2, 0) is 7.05 Å². The van der Waals surface area contributed by atoms with Crippen LogP contribution in [0.2, 0.25) is 0 Å². The Balaban J connectivity index is 3.28. The summed E-state index contributed by atoms with van der Waals surface area (Å²) in [5, 5.41) is 16.9. The summed E-state index contributed by atoms with van der Waals surface area (Å²) in [6.07, 6.45) is 3.25. The molecule has 0 unspecified atom stereocenters. The lowest BCUT2D eigenvalue weighted by atomic mass is 10.2. The molecular formula is C7H5N3. The maximum absolute atomic E-state index is 8.45. The van der Waals surface area contributed by atoms with Crippen LogP contribution in [0.25, 0.3) is 0 Å². The highest BCUT2D eigenvalue weighted by molar-refractivity contribution is 5.43. The van der Waals surface area contributed by atoms with Crippen molar-refractivity contribution < 1.29 is 0 Å². The maximum atomic E-state index is 8.45. The minimum absolute atomic E-state index is 0.435. The van der Waals surface area contributed by atoms with Gasteiger partial charge >= 0.3 is 0 Å². The van der Waals surface area contributed by atoms with Crippen LogP contribution >= 0.6 is 0 Å². The average molecular weight is 131 g/mol. The molecule has 0 N–H and O–H groups in total. The number of hydrogen-bond acceptors (Lipinski definition) is 2. The zero-order valence-corrected chi connectivity index (χ0v) is 5.50. The summed E-state index contributed by atoms with van der Waals surface area (Å²) in [6.45, 7) is 0. The first kappa shape index (κ1) is 6.38. The molecule has 0 saturated heterocycles. The van der Waals surface area contributed by atoms with Crippen molar-refractivity contribution in [2.24, 2.45) is 7.05 Å². The predicted octanol–water partition coefficient (Wildman–Crippen LogP) is 0.768. The normalized spacial score (nSPS) is 8.30. The standard InChI is InChI=1S/C7H5N3/c1-10-4-6(2-8)7(3-9)5-10/h4-5H,1H3. The topological polar surface area (TPSA) is 52.5 Å². The Hall–Kier alpha value is -1.74. The summed E-state index contributed by atoms with van der Waals surface area (Å²) in [7, 11) is 1.78. The van der Waals surface area contributed by atoms with E-state index in [-0.39, 0.29) is 0 Å². The third-order valence-electron chi connectivity index (χ3n) is 1.20. The molecule has 3 heteroatoms. The van der Waals surface area contributed by atoms with Crippen molar-refractivity contribution in [3.05, 3.63) is 23.5 Å². The molecule has 0 atom stereocenters. The molecular weight excluding hydrogens is 126 g/mol. The maximum Gasteiger partial charge on any atom is 0.102 e. The van der Waals surface area contributed by atoms with Gasteiger partial charge in [-0.3, -0.25) is 0 Å². The fraction of sp³-hybridized carbons (Fsp3) is 0.143. The van der Waals surface area contributed by atoms with E-state index in [1.54, 1.807) is 24.0 Å². The molecule has 48 valence electrons. The van der Waals surface area contributed by atoms with E-state index in [9.17, 15) is 0 Å². The van der Waals surface area contributed by atoms with Crippen molar-refractivity contribution >= 4 is 0 Å². The van der Waals surface area contributed by atoms with Crippen LogP contribution in [0.5, 0.6) is 0 Å². The number of aromatic nitrogens is 1. The third-order valence-corrected chi connectivity index (χ3v) is 1.20. The van der Waals surface area contributed by atoms with E-state index in [1.165, 1.54) is 0 Å². The Morgan fingerprint density at radius 3 is 1.90 bits per heavy atom. The molecule has 1 aromatic rings. The number of nitriles is 2. The lowest BCUT2D eigenvalue weighted by Crippen LogP contribution is -1.77. The van der Waals surface area contributed by atoms with Gasteiger partial charge < -0.3 is 4.57 Å². The number of hydrogen-bond donors (Lipinski definition) is 0. The molecule has 0 saturated carbocycles. The van der Waals surface area contributed by atoms with Crippen molar-refractivity contribution in [1.82, 2.24) is 4.57 Å². The molecule has 0 aliphatic rings. The Morgan fingerprint density at radius 1 is 1.20 bits per heavy atom. The fourth-order valence-corrected chi connectivity index (χ4v) is 0.762. The Labute approximate surface area is 58.7 Å². The molecule has 10 heavy (non-hydrogen) atoms. The van der Waals surface area contributed by atoms with Crippen molar-refractivity contribution in [3.63, 3.8) is 0 Å². The molecule has 0 spiro atoms. The van der Waals surface area contributed by atoms with E-state index in [4.69, 9.17) is 10.5 Å². The lowest BCUT2D eigenvalue weighted by molar-refractivity contribution is 0.925. The van der Waals surface area contributed by atoms with E-state index in [0.717, 1.165) is 0 Å². The first-order chi connectivity index (χ1) is 4.77. The van der Waals surface area contributed by atoms with Crippen LogP contribution in [0.1, 0.15) is 11.1 Å². The van der Waals surface area contributed by atoms with Gasteiger partial charge in [0.2, 0.25) is 0 Å². The molecule has 0 fully saturated rings. The van der Waals surface area contributed by atoms with Gasteiger partial charge in [-0.25, -0.2) is 0 Å². The van der Waals surface area contributed by atoms with Crippen LogP contribution in [-0.4, -0.2) is 4.57 Å². The van der Waals surface area contributed by atoms with Crippen molar-refractivity contribution in [3.8, 4) is 12.1 Å². The monoisotopic (exact) mass is 131 g/mol. The van der Waals surface area contributed by atoms with E-state index < -0.39 is 0 Å². The molecule has 0 aliphatic carbocycles. The van der Waals surface area contributed by atoms with Gasteiger partial charge in [-0.2, -0.15) is 10.5 Å². The van der Waals surface area contributed by atoms with Gasteiger partial charge in [-0.05, 0) is 0 Å². The number of nitrogens with zero attached hydrogens (tertiary/aromatic N) is 3. The van der Waals surface area contributed by atoms with Gasteiger partial charge in [-0.15, -0.1) is 0 Å². The van der Waals surface area contributed by atoms with Gasteiger partial charge in [-0.1, -0.05) is 0 Å². The summed E-state index contributed by atoms with van der Waals surface area (Å²) < 4.78 is 1.69. The number of aryl methyl sites for hydroxylation is 1. The van der Waals surface area contributed by atoms with E-state index in [1.807, 2.05) is 12.1 Å². The van der Waals surface area contributed by atoms with Crippen LogP contribution in [0, 0.1) is 22.7 Å². The zero-order chi connectivity index (χ0) is 7.56. The molecule has 0 radical (unpaired) electrons. The smallest absolute Gasteiger partial charge is 0.102 e. The first-order valence-electron chi connectivity index (χ1n) is 2.74. The highest BCUT2D eigenvalue weighted by atomic mass is 14.9. The third kappa shape index (κ3) is 0.852. The van der Waals surface area contributed by atoms with Gasteiger partial charge in [0.25, 0.3) is 0 Å². The molecule has 0 bridgehead atoms. The quantitative estimate of drug-likeness (QED) is 0.522. The van der Waals surface area contributed by atoms with Crippen molar-refractivity contribution in [2.45, 2.75) is 0 Å². The minimum Gasteiger partial charge on any atom is -0.355 e. The van der Waals surface area contributed by atoms with Crippen molar-refractivity contribution in [1.29, 1.82) is 10.5 Å². The molecule has 1 aromatic heterocycles. The van der Waals surface area contributed by atoms with Gasteiger partial charge in [0.15, 0.2) is 0 Å². The van der Waals surface area contributed by atoms with Gasteiger partial charge in [0, 0.05) is 19.4 Å². The summed E-state index contributed by atoms with van der Waals surface area (Å²) in [6, 6.07) is 3.85. The SMILES string of the molecule is Cn1cc(C#N)c(C#N)c1. The fourth-order valence-electron chi connectivity index (χ4n) is 0.762. The minimum atomic E-state index is 0.435. The van der Waals surface area contributed by atoms with E-state index in [2.05, 4.69) is 0 Å². The second-order valence-corrected chi connectivity index (χ2v) is 1.97. The highest BCUT2D eigenvalue weighted by Gasteiger charge is 2.01. The Kier molecular flexibility index (Phi) is 1.43. The first-order valence-corrected chi connectivity index (χ1v) is 2.74. The van der Waals surface area contributed by atoms with Crippen molar-refractivity contribution in [2.75, 3.05) is 0 Å². The van der Waals surface area contributed by atoms with E-state index >= 15 is 0 Å². The van der Waals surface area contributed by atoms with Gasteiger partial charge in [0.1, 0.15) is 12.1 Å². The summed E-state index contributed by atoms with van der Waals surface area (Å²) >= 11 is 0. The predicted molar refractivity (Wildman–Crippen MR) is 34.8 cm³/mol. The van der Waals surface area contributed by atoms with Gasteiger partial charge in [0.05, 0.1) is 11.1 Å². The molecule has 1 heterocycles. The van der Waals surface area contributed by atoms with Crippen LogP contribution in [0.3, 0.4) is 0 Å². The summed E-state index contributed by atoms with van der Waals surface area (Å²) in [4.78, 5) is 0. The molecule has 1 rings (SSSR count). The molecule has 0 aromatic carbocycles. The largest absolute Gasteiger partial charge is 0.355 e. The van der Waals surface area contributed by atoms with Crippen LogP contribution in [0.4, 0.5) is 0 Å². The van der Waals surface area contributed by atoms with E-state index in [0.29, 0.717) is 11.1 Å². The summed E-state index contributed by atoms with van der Waals surface area (Å²) in [5.41, 5.74) is 0.870. The van der Waals surface area contributed by atoms with Crippen LogP contribution in [0.15, 0.2) is 12.4 Å². The Morgan fingerprint density at radius 2 is 1.60 bits per heavy atom. The average Bonchev–Trinajstić information content (AvgIpc) is 2.30. The zero-order valence-electron chi connectivity index (χ0n) is 5.50. The lowest BCUT2D eigenvalue weighted by Gasteiger charge is -1.79. The molecule has 3 nitrogen and oxygen atoms in total. The van der Waals surface area contributed by atoms with Crippen LogP contribution < -0.4 is 0 Å². The molecule has 0 amide bonds. The highest BCUT2D eigenvalue weighted by Crippen LogP contribution is 2.05. The molecule has 0 aliphatic heterocycles. The number of rotatable bonds is 0. The summed E-state index contributed by atoms with van der Waals surface area (Å²) in [5.74, 6) is 0. The Bertz CT molecular complexity index is 290. The second-order valence-electron chi connectivity index (χ2n) is 1.97. The second kappa shape index (κ2) is 2.24.